The summed E-state index contributed by atoms with van der Waals surface area (Å²) in [6.45, 7) is 9.51. The average molecular weight is 1040 g/mol. The smallest absolute Gasteiger partial charge is 0.325 e. The number of esters is 2. The van der Waals surface area contributed by atoms with Crippen LogP contribution >= 0.6 is 0 Å². The predicted molar refractivity (Wildman–Crippen MR) is 282 cm³/mol. The molecule has 2 fully saturated rings. The fourth-order valence-electron chi connectivity index (χ4n) is 9.68. The molecule has 2 aromatic heterocycles. The van der Waals surface area contributed by atoms with Crippen molar-refractivity contribution in [1.82, 2.24) is 40.8 Å². The standard InChI is InChI=1S/C28H40N4O6.C27H38N4O6/c1-17(2)13-20(27(34)29-16-25(33)38-6)30-28(35)21-15-22(26-23(36-4)11-8-12-24(26)37-5)32(31-21)19-10-7-9-18(3)14-19;1-17(2)14-19(26(33)28-16-24(32)37-5)29-27(34)20-15-21(31(30-20)18-10-7-6-8-11-18)25-22(35-3)12-9-13-23(25)36-4/h8,11-12,15,17-20H,7,9-10,13-14,16H2,1-6H3,(H,29,34)(H,30,35);9,12-13,15,17-19H,6-8,10-11,14,16H2,1-5H3,(H,28,33)(H,29,34)/t18?,19?,20-;19-/m00/s1. The van der Waals surface area contributed by atoms with Crippen LogP contribution in [0, 0.1) is 17.8 Å². The Balaban J connectivity index is 0.000000277. The Kier molecular flexibility index (Phi) is 22.3. The minimum atomic E-state index is -0.837. The number of nitrogens with zero attached hydrogens (tertiary/aromatic N) is 4. The highest BCUT2D eigenvalue weighted by Crippen LogP contribution is 2.43. The van der Waals surface area contributed by atoms with Crippen molar-refractivity contribution in [3.8, 4) is 45.5 Å². The van der Waals surface area contributed by atoms with Crippen molar-refractivity contribution >= 4 is 35.6 Å². The summed E-state index contributed by atoms with van der Waals surface area (Å²) in [6.07, 6.45) is 10.2. The zero-order valence-corrected chi connectivity index (χ0v) is 45.5. The number of aromatic nitrogens is 4. The van der Waals surface area contributed by atoms with Crippen LogP contribution in [0.4, 0.5) is 0 Å². The topological polar surface area (TPSA) is 242 Å². The molecule has 4 aromatic rings. The van der Waals surface area contributed by atoms with Crippen molar-refractivity contribution in [3.05, 3.63) is 59.9 Å². The first-order valence-corrected chi connectivity index (χ1v) is 25.9. The molecule has 6 rings (SSSR count). The van der Waals surface area contributed by atoms with Gasteiger partial charge in [0.05, 0.1) is 77.3 Å². The second-order valence-electron chi connectivity index (χ2n) is 19.9. The normalized spacial score (nSPS) is 16.3. The lowest BCUT2D eigenvalue weighted by atomic mass is 9.87. The van der Waals surface area contributed by atoms with Crippen molar-refractivity contribution in [1.29, 1.82) is 0 Å². The minimum absolute atomic E-state index is 0.111. The molecule has 20 nitrogen and oxygen atoms in total. The van der Waals surface area contributed by atoms with Crippen LogP contribution in [0.5, 0.6) is 23.0 Å². The Morgan fingerprint density at radius 3 is 1.31 bits per heavy atom. The summed E-state index contributed by atoms with van der Waals surface area (Å²) in [5, 5.41) is 20.2. The number of ether oxygens (including phenoxy) is 6. The Labute approximate surface area is 440 Å². The number of hydrogen-bond acceptors (Lipinski definition) is 14. The van der Waals surface area contributed by atoms with Crippen LogP contribution in [0.25, 0.3) is 22.5 Å². The van der Waals surface area contributed by atoms with Crippen molar-refractivity contribution in [3.63, 3.8) is 0 Å². The molecule has 0 radical (unpaired) electrons. The number of carbonyl (C=O) groups is 6. The molecule has 4 atom stereocenters. The Bertz CT molecular complexity index is 2520. The van der Waals surface area contributed by atoms with E-state index < -0.39 is 47.7 Å². The van der Waals surface area contributed by atoms with Gasteiger partial charge >= 0.3 is 11.9 Å². The molecule has 4 N–H and O–H groups in total. The molecule has 0 saturated heterocycles. The Morgan fingerprint density at radius 1 is 0.560 bits per heavy atom. The zero-order chi connectivity index (χ0) is 54.8. The molecular formula is C55H78N8O12. The second kappa shape index (κ2) is 28.5. The maximum Gasteiger partial charge on any atom is 0.325 e. The summed E-state index contributed by atoms with van der Waals surface area (Å²) in [6, 6.07) is 13.1. The number of hydrogen-bond donors (Lipinski definition) is 4. The van der Waals surface area contributed by atoms with Crippen molar-refractivity contribution in [2.24, 2.45) is 17.8 Å². The van der Waals surface area contributed by atoms with Gasteiger partial charge in [0.2, 0.25) is 11.8 Å². The van der Waals surface area contributed by atoms with Gasteiger partial charge in [-0.05, 0) is 92.7 Å². The quantitative estimate of drug-likeness (QED) is 0.0567. The lowest BCUT2D eigenvalue weighted by molar-refractivity contribution is -0.141. The van der Waals surface area contributed by atoms with Gasteiger partial charge in [-0.2, -0.15) is 10.2 Å². The van der Waals surface area contributed by atoms with E-state index in [1.807, 2.05) is 73.5 Å². The lowest BCUT2D eigenvalue weighted by Gasteiger charge is -2.28. The van der Waals surface area contributed by atoms with Crippen LogP contribution in [-0.2, 0) is 28.7 Å². The fourth-order valence-corrected chi connectivity index (χ4v) is 9.68. The van der Waals surface area contributed by atoms with Crippen LogP contribution in [0.15, 0.2) is 48.5 Å². The molecule has 20 heteroatoms. The van der Waals surface area contributed by atoms with Crippen molar-refractivity contribution in [2.45, 2.75) is 129 Å². The Hall–Kier alpha value is -7.12. The van der Waals surface area contributed by atoms with E-state index in [0.29, 0.717) is 41.8 Å². The lowest BCUT2D eigenvalue weighted by Crippen LogP contribution is -2.48. The Morgan fingerprint density at radius 2 is 0.947 bits per heavy atom. The van der Waals surface area contributed by atoms with Crippen molar-refractivity contribution in [2.75, 3.05) is 55.7 Å². The van der Waals surface area contributed by atoms with Crippen LogP contribution in [0.2, 0.25) is 0 Å². The van der Waals surface area contributed by atoms with E-state index in [9.17, 15) is 28.8 Å². The van der Waals surface area contributed by atoms with Crippen LogP contribution in [0.1, 0.15) is 138 Å². The maximum absolute atomic E-state index is 13.5. The molecular weight excluding hydrogens is 965 g/mol. The van der Waals surface area contributed by atoms with Gasteiger partial charge in [-0.3, -0.25) is 38.1 Å². The summed E-state index contributed by atoms with van der Waals surface area (Å²) >= 11 is 0. The molecule has 75 heavy (non-hydrogen) atoms. The molecule has 410 valence electrons. The van der Waals surface area contributed by atoms with Gasteiger partial charge in [0.15, 0.2) is 11.4 Å². The summed E-state index contributed by atoms with van der Waals surface area (Å²) in [4.78, 5) is 75.4. The number of benzene rings is 2. The van der Waals surface area contributed by atoms with Gasteiger partial charge < -0.3 is 49.7 Å². The molecule has 2 aliphatic rings. The summed E-state index contributed by atoms with van der Waals surface area (Å²) < 4.78 is 35.6. The number of methoxy groups -OCH3 is 6. The first-order valence-electron chi connectivity index (χ1n) is 25.9. The highest BCUT2D eigenvalue weighted by atomic mass is 16.5. The summed E-state index contributed by atoms with van der Waals surface area (Å²) in [7, 11) is 8.88. The molecule has 2 aliphatic carbocycles. The third-order valence-corrected chi connectivity index (χ3v) is 13.4. The van der Waals surface area contributed by atoms with Crippen LogP contribution in [0.3, 0.4) is 0 Å². The van der Waals surface area contributed by atoms with E-state index in [-0.39, 0.29) is 48.4 Å². The first kappa shape index (κ1) is 58.8. The zero-order valence-electron chi connectivity index (χ0n) is 45.5. The van der Waals surface area contributed by atoms with Gasteiger partial charge in [-0.25, -0.2) is 0 Å². The van der Waals surface area contributed by atoms with E-state index >= 15 is 0 Å². The highest BCUT2D eigenvalue weighted by molar-refractivity contribution is 5.99. The molecule has 4 amide bonds. The van der Waals surface area contributed by atoms with Gasteiger partial charge in [-0.15, -0.1) is 0 Å². The maximum atomic E-state index is 13.5. The largest absolute Gasteiger partial charge is 0.496 e. The summed E-state index contributed by atoms with van der Waals surface area (Å²) in [5.41, 5.74) is 3.28. The number of nitrogens with one attached hydrogen (secondary N) is 4. The number of carbonyl (C=O) groups excluding carboxylic acids is 6. The summed E-state index contributed by atoms with van der Waals surface area (Å²) in [5.74, 6) is 0.264. The van der Waals surface area contributed by atoms with E-state index in [1.165, 1.54) is 20.6 Å². The van der Waals surface area contributed by atoms with Gasteiger partial charge in [-0.1, -0.05) is 78.9 Å². The fraction of sp³-hybridized carbons (Fsp3) is 0.564. The SMILES string of the molecule is COC(=O)CNC(=O)[C@H](CC(C)C)NC(=O)c1cc(-c2c(OC)cccc2OC)n(C2CCCC(C)C2)n1.COC(=O)CNC(=O)[C@H](CC(C)C)NC(=O)c1cc(-c2c(OC)cccc2OC)n(C2CCCCC2)n1. The monoisotopic (exact) mass is 1040 g/mol. The van der Waals surface area contributed by atoms with E-state index in [1.54, 1.807) is 40.6 Å². The third-order valence-electron chi connectivity index (χ3n) is 13.4. The predicted octanol–water partition coefficient (Wildman–Crippen LogP) is 7.26. The second-order valence-corrected chi connectivity index (χ2v) is 19.9. The third kappa shape index (κ3) is 15.9. The van der Waals surface area contributed by atoms with E-state index in [2.05, 4.69) is 37.7 Å². The van der Waals surface area contributed by atoms with E-state index in [4.69, 9.17) is 29.1 Å². The number of amides is 4. The van der Waals surface area contributed by atoms with Gasteiger partial charge in [0.1, 0.15) is 48.2 Å². The van der Waals surface area contributed by atoms with Gasteiger partial charge in [0, 0.05) is 0 Å². The van der Waals surface area contributed by atoms with Crippen molar-refractivity contribution < 1.29 is 57.2 Å². The van der Waals surface area contributed by atoms with Crippen LogP contribution < -0.4 is 40.2 Å². The molecule has 0 bridgehead atoms. The molecule has 0 spiro atoms. The molecule has 2 aromatic carbocycles. The van der Waals surface area contributed by atoms with Crippen LogP contribution in [-0.4, -0.2) is 123 Å². The molecule has 2 heterocycles. The first-order chi connectivity index (χ1) is 36.0. The van der Waals surface area contributed by atoms with E-state index in [0.717, 1.165) is 73.9 Å². The van der Waals surface area contributed by atoms with Gasteiger partial charge in [0.25, 0.3) is 11.8 Å². The minimum Gasteiger partial charge on any atom is -0.496 e. The highest BCUT2D eigenvalue weighted by Gasteiger charge is 2.32. The molecule has 2 saturated carbocycles. The average Bonchev–Trinajstić information content (AvgIpc) is 4.07. The molecule has 0 aliphatic heterocycles. The number of rotatable bonds is 22. The molecule has 2 unspecified atom stereocenters.